The zero-order chi connectivity index (χ0) is 21.7. The van der Waals surface area contributed by atoms with Crippen molar-refractivity contribution < 1.29 is 27.6 Å². The lowest BCUT2D eigenvalue weighted by molar-refractivity contribution is -0.116. The van der Waals surface area contributed by atoms with Crippen LogP contribution in [0.4, 0.5) is 19.5 Å². The number of carbonyl (C=O) groups is 3. The molecule has 3 rings (SSSR count). The maximum atomic E-state index is 13.7. The number of nitrogens with zero attached hydrogens (tertiary/aromatic N) is 1. The number of thiophene rings is 1. The van der Waals surface area contributed by atoms with E-state index >= 15 is 0 Å². The van der Waals surface area contributed by atoms with Gasteiger partial charge in [-0.1, -0.05) is 6.07 Å². The van der Waals surface area contributed by atoms with Gasteiger partial charge in [0.25, 0.3) is 11.8 Å². The summed E-state index contributed by atoms with van der Waals surface area (Å²) < 4.78 is 32.4. The molecule has 0 aliphatic heterocycles. The van der Waals surface area contributed by atoms with E-state index in [0.717, 1.165) is 23.5 Å². The number of furan rings is 1. The fraction of sp³-hybridized carbons (Fsp3) is 0.150. The molecule has 10 heteroatoms. The molecule has 3 amide bonds. The fourth-order valence-electron chi connectivity index (χ4n) is 2.55. The molecule has 30 heavy (non-hydrogen) atoms. The summed E-state index contributed by atoms with van der Waals surface area (Å²) in [5, 5.41) is 5.19. The smallest absolute Gasteiger partial charge is 0.291 e. The standard InChI is InChI=1S/C20H17F2N3O4S/c1-2-25(11-16(26)23-18-12(21)5-3-6-13(18)22)20(28)15-8-9-17(30-15)24-19(27)14-7-4-10-29-14/h3-10H,2,11H2,1H3,(H,23,26)(H,24,27). The number of amides is 3. The molecule has 0 spiro atoms. The highest BCUT2D eigenvalue weighted by molar-refractivity contribution is 7.18. The van der Waals surface area contributed by atoms with Gasteiger partial charge >= 0.3 is 0 Å². The largest absolute Gasteiger partial charge is 0.459 e. The number of likely N-dealkylation sites (N-methyl/N-ethyl adjacent to an activating group) is 1. The van der Waals surface area contributed by atoms with Crippen LogP contribution in [0.3, 0.4) is 0 Å². The van der Waals surface area contributed by atoms with Crippen LogP contribution in [0, 0.1) is 11.6 Å². The van der Waals surface area contributed by atoms with Crippen LogP contribution >= 0.6 is 11.3 Å². The summed E-state index contributed by atoms with van der Waals surface area (Å²) in [6, 6.07) is 9.38. The highest BCUT2D eigenvalue weighted by Gasteiger charge is 2.21. The summed E-state index contributed by atoms with van der Waals surface area (Å²) in [5.41, 5.74) is -0.565. The van der Waals surface area contributed by atoms with E-state index in [2.05, 4.69) is 10.6 Å². The van der Waals surface area contributed by atoms with Crippen molar-refractivity contribution in [1.29, 1.82) is 0 Å². The van der Waals surface area contributed by atoms with E-state index in [1.165, 1.54) is 29.4 Å². The lowest BCUT2D eigenvalue weighted by Gasteiger charge is -2.19. The van der Waals surface area contributed by atoms with Crippen molar-refractivity contribution in [3.63, 3.8) is 0 Å². The summed E-state index contributed by atoms with van der Waals surface area (Å²) in [7, 11) is 0. The molecular formula is C20H17F2N3O4S. The number of para-hydroxylation sites is 1. The van der Waals surface area contributed by atoms with E-state index in [1.54, 1.807) is 19.1 Å². The minimum absolute atomic E-state index is 0.128. The van der Waals surface area contributed by atoms with Gasteiger partial charge in [-0.3, -0.25) is 14.4 Å². The van der Waals surface area contributed by atoms with Crippen LogP contribution in [-0.2, 0) is 4.79 Å². The maximum Gasteiger partial charge on any atom is 0.291 e. The molecule has 2 aromatic heterocycles. The molecule has 156 valence electrons. The number of benzene rings is 1. The first-order valence-electron chi connectivity index (χ1n) is 8.87. The molecule has 3 aromatic rings. The Labute approximate surface area is 174 Å². The van der Waals surface area contributed by atoms with E-state index < -0.39 is 41.6 Å². The minimum Gasteiger partial charge on any atom is -0.459 e. The van der Waals surface area contributed by atoms with Crippen molar-refractivity contribution in [2.45, 2.75) is 6.92 Å². The average Bonchev–Trinajstić information content (AvgIpc) is 3.41. The first-order valence-corrected chi connectivity index (χ1v) is 9.68. The van der Waals surface area contributed by atoms with E-state index in [-0.39, 0.29) is 17.2 Å². The molecule has 2 N–H and O–H groups in total. The summed E-state index contributed by atoms with van der Waals surface area (Å²) in [6.07, 6.45) is 1.37. The monoisotopic (exact) mass is 433 g/mol. The molecule has 0 aliphatic carbocycles. The molecule has 0 atom stereocenters. The Morgan fingerprint density at radius 1 is 1.03 bits per heavy atom. The Morgan fingerprint density at radius 3 is 2.40 bits per heavy atom. The number of carbonyl (C=O) groups excluding carboxylic acids is 3. The first-order chi connectivity index (χ1) is 14.4. The van der Waals surface area contributed by atoms with E-state index in [0.29, 0.717) is 5.00 Å². The van der Waals surface area contributed by atoms with Crippen molar-refractivity contribution in [2.75, 3.05) is 23.7 Å². The van der Waals surface area contributed by atoms with Crippen LogP contribution in [0.1, 0.15) is 27.2 Å². The van der Waals surface area contributed by atoms with Crippen LogP contribution in [0.25, 0.3) is 0 Å². The van der Waals surface area contributed by atoms with Crippen LogP contribution < -0.4 is 10.6 Å². The van der Waals surface area contributed by atoms with Crippen LogP contribution in [0.15, 0.2) is 53.1 Å². The zero-order valence-electron chi connectivity index (χ0n) is 15.8. The van der Waals surface area contributed by atoms with Crippen LogP contribution in [0.5, 0.6) is 0 Å². The normalized spacial score (nSPS) is 10.5. The number of rotatable bonds is 7. The van der Waals surface area contributed by atoms with Gasteiger partial charge in [0.2, 0.25) is 5.91 Å². The van der Waals surface area contributed by atoms with Crippen LogP contribution in [-0.4, -0.2) is 35.7 Å². The topological polar surface area (TPSA) is 91.7 Å². The molecule has 0 bridgehead atoms. The highest BCUT2D eigenvalue weighted by Crippen LogP contribution is 2.24. The molecule has 1 aromatic carbocycles. The Balaban J connectivity index is 1.64. The van der Waals surface area contributed by atoms with Gasteiger partial charge in [0.15, 0.2) is 5.76 Å². The molecule has 0 radical (unpaired) electrons. The number of halogens is 2. The molecule has 0 aliphatic rings. The molecule has 0 saturated carbocycles. The fourth-order valence-corrected chi connectivity index (χ4v) is 3.42. The quantitative estimate of drug-likeness (QED) is 0.590. The summed E-state index contributed by atoms with van der Waals surface area (Å²) >= 11 is 1.03. The molecule has 7 nitrogen and oxygen atoms in total. The van der Waals surface area contributed by atoms with E-state index in [4.69, 9.17) is 4.42 Å². The second kappa shape index (κ2) is 9.31. The molecule has 0 fully saturated rings. The molecular weight excluding hydrogens is 416 g/mol. The van der Waals surface area contributed by atoms with Gasteiger partial charge in [0.05, 0.1) is 16.1 Å². The predicted octanol–water partition coefficient (Wildman–Crippen LogP) is 3.97. The number of nitrogens with one attached hydrogen (secondary N) is 2. The SMILES string of the molecule is CCN(CC(=O)Nc1c(F)cccc1F)C(=O)c1ccc(NC(=O)c2ccco2)s1. The first kappa shape index (κ1) is 21.2. The van der Waals surface area contributed by atoms with Gasteiger partial charge in [-0.15, -0.1) is 11.3 Å². The van der Waals surface area contributed by atoms with Gasteiger partial charge in [0.1, 0.15) is 23.9 Å². The predicted molar refractivity (Wildman–Crippen MR) is 108 cm³/mol. The lowest BCUT2D eigenvalue weighted by atomic mass is 10.3. The second-order valence-corrected chi connectivity index (χ2v) is 7.14. The second-order valence-electron chi connectivity index (χ2n) is 6.06. The number of anilines is 2. The summed E-state index contributed by atoms with van der Waals surface area (Å²) in [4.78, 5) is 38.4. The molecule has 2 heterocycles. The van der Waals surface area contributed by atoms with Crippen molar-refractivity contribution in [1.82, 2.24) is 4.90 Å². The van der Waals surface area contributed by atoms with Crippen LogP contribution in [0.2, 0.25) is 0 Å². The minimum atomic E-state index is -0.909. The Kier molecular flexibility index (Phi) is 6.58. The third-order valence-electron chi connectivity index (χ3n) is 4.03. The van der Waals surface area contributed by atoms with Crippen molar-refractivity contribution >= 4 is 39.7 Å². The van der Waals surface area contributed by atoms with E-state index in [9.17, 15) is 23.2 Å². The lowest BCUT2D eigenvalue weighted by Crippen LogP contribution is -2.37. The van der Waals surface area contributed by atoms with Gasteiger partial charge < -0.3 is 20.0 Å². The number of hydrogen-bond acceptors (Lipinski definition) is 5. The third kappa shape index (κ3) is 4.90. The third-order valence-corrected chi connectivity index (χ3v) is 5.02. The Hall–Kier alpha value is -3.53. The Morgan fingerprint density at radius 2 is 1.77 bits per heavy atom. The van der Waals surface area contributed by atoms with Gasteiger partial charge in [-0.2, -0.15) is 0 Å². The Bertz CT molecular complexity index is 1050. The average molecular weight is 433 g/mol. The van der Waals surface area contributed by atoms with Crippen molar-refractivity contribution in [2.24, 2.45) is 0 Å². The number of hydrogen-bond donors (Lipinski definition) is 2. The highest BCUT2D eigenvalue weighted by atomic mass is 32.1. The van der Waals surface area contributed by atoms with Crippen molar-refractivity contribution in [3.8, 4) is 0 Å². The summed E-state index contributed by atoms with van der Waals surface area (Å²) in [6.45, 7) is 1.47. The maximum absolute atomic E-state index is 13.7. The van der Waals surface area contributed by atoms with E-state index in [1.807, 2.05) is 0 Å². The summed E-state index contributed by atoms with van der Waals surface area (Å²) in [5.74, 6) is -3.34. The molecule has 0 unspecified atom stereocenters. The van der Waals surface area contributed by atoms with Crippen molar-refractivity contribution in [3.05, 3.63) is 71.0 Å². The van der Waals surface area contributed by atoms with Gasteiger partial charge in [0, 0.05) is 6.54 Å². The molecule has 0 saturated heterocycles. The van der Waals surface area contributed by atoms with Gasteiger partial charge in [-0.25, -0.2) is 8.78 Å². The zero-order valence-corrected chi connectivity index (χ0v) is 16.6. The van der Waals surface area contributed by atoms with Gasteiger partial charge in [-0.05, 0) is 43.3 Å².